The molecule has 0 spiro atoms. The number of carbonyl (C=O) groups excluding carboxylic acids is 1. The summed E-state index contributed by atoms with van der Waals surface area (Å²) in [5.41, 5.74) is 3.54. The Morgan fingerprint density at radius 1 is 1.37 bits per heavy atom. The number of nitrogens with two attached hydrogens (primary N) is 1. The number of ether oxygens (including phenoxy) is 1. The van der Waals surface area contributed by atoms with E-state index < -0.39 is 5.91 Å². The normalized spacial score (nSPS) is 10.2. The standard InChI is InChI=1S/C13H16N4O2/c1-2-10-3-5-11(6-4-10)19-9-17-8-7-12(16-17)13(18)15-14/h3-8H,2,9,14H2,1H3,(H,15,18). The average Bonchev–Trinajstić information content (AvgIpc) is 2.93. The Morgan fingerprint density at radius 3 is 2.74 bits per heavy atom. The van der Waals surface area contributed by atoms with Gasteiger partial charge in [-0.25, -0.2) is 10.5 Å². The molecule has 0 aliphatic rings. The Hall–Kier alpha value is -2.34. The van der Waals surface area contributed by atoms with Gasteiger partial charge in [0, 0.05) is 6.20 Å². The zero-order valence-corrected chi connectivity index (χ0v) is 10.7. The maximum absolute atomic E-state index is 11.2. The lowest BCUT2D eigenvalue weighted by Crippen LogP contribution is -2.30. The Morgan fingerprint density at radius 2 is 2.11 bits per heavy atom. The van der Waals surface area contributed by atoms with E-state index in [2.05, 4.69) is 12.0 Å². The third-order valence-electron chi connectivity index (χ3n) is 2.70. The van der Waals surface area contributed by atoms with Crippen LogP contribution in [-0.2, 0) is 13.2 Å². The number of nitrogen functional groups attached to an aromatic ring is 1. The van der Waals surface area contributed by atoms with Crippen molar-refractivity contribution in [3.63, 3.8) is 0 Å². The summed E-state index contributed by atoms with van der Waals surface area (Å²) in [6, 6.07) is 9.44. The van der Waals surface area contributed by atoms with Gasteiger partial charge >= 0.3 is 0 Å². The highest BCUT2D eigenvalue weighted by atomic mass is 16.5. The number of amides is 1. The molecule has 0 atom stereocenters. The molecule has 1 heterocycles. The maximum atomic E-state index is 11.2. The molecule has 0 bridgehead atoms. The Labute approximate surface area is 111 Å². The van der Waals surface area contributed by atoms with Gasteiger partial charge in [-0.2, -0.15) is 5.10 Å². The molecule has 1 aromatic heterocycles. The van der Waals surface area contributed by atoms with E-state index in [1.165, 1.54) is 10.2 Å². The van der Waals surface area contributed by atoms with Crippen molar-refractivity contribution in [1.29, 1.82) is 0 Å². The van der Waals surface area contributed by atoms with Crippen molar-refractivity contribution >= 4 is 5.91 Å². The fourth-order valence-corrected chi connectivity index (χ4v) is 1.59. The first-order valence-corrected chi connectivity index (χ1v) is 5.99. The molecule has 1 amide bonds. The number of aromatic nitrogens is 2. The quantitative estimate of drug-likeness (QED) is 0.479. The van der Waals surface area contributed by atoms with E-state index in [4.69, 9.17) is 10.6 Å². The molecule has 6 nitrogen and oxygen atoms in total. The predicted octanol–water partition coefficient (Wildman–Crippen LogP) is 1.09. The first-order valence-electron chi connectivity index (χ1n) is 5.99. The molecule has 2 rings (SSSR count). The van der Waals surface area contributed by atoms with Crippen LogP contribution in [0.3, 0.4) is 0 Å². The van der Waals surface area contributed by atoms with Crippen LogP contribution in [0.2, 0.25) is 0 Å². The molecule has 2 aromatic rings. The zero-order chi connectivity index (χ0) is 13.7. The number of nitrogens with zero attached hydrogens (tertiary/aromatic N) is 2. The Bertz CT molecular complexity index is 548. The molecule has 3 N–H and O–H groups in total. The molecule has 0 radical (unpaired) electrons. The van der Waals surface area contributed by atoms with Crippen molar-refractivity contribution in [2.75, 3.05) is 0 Å². The van der Waals surface area contributed by atoms with Crippen LogP contribution in [0.1, 0.15) is 23.0 Å². The molecule has 1 aromatic carbocycles. The van der Waals surface area contributed by atoms with Crippen molar-refractivity contribution < 1.29 is 9.53 Å². The van der Waals surface area contributed by atoms with Crippen molar-refractivity contribution in [3.8, 4) is 5.75 Å². The van der Waals surface area contributed by atoms with Crippen LogP contribution in [0.5, 0.6) is 5.75 Å². The second-order valence-corrected chi connectivity index (χ2v) is 3.98. The van der Waals surface area contributed by atoms with Crippen LogP contribution >= 0.6 is 0 Å². The van der Waals surface area contributed by atoms with E-state index in [-0.39, 0.29) is 12.4 Å². The van der Waals surface area contributed by atoms with Gasteiger partial charge in [-0.1, -0.05) is 19.1 Å². The molecule has 0 aliphatic heterocycles. The third kappa shape index (κ3) is 3.32. The summed E-state index contributed by atoms with van der Waals surface area (Å²) in [6.07, 6.45) is 2.65. The second kappa shape index (κ2) is 6.01. The second-order valence-electron chi connectivity index (χ2n) is 3.98. The smallest absolute Gasteiger partial charge is 0.285 e. The molecule has 100 valence electrons. The molecule has 6 heteroatoms. The minimum Gasteiger partial charge on any atom is -0.471 e. The van der Waals surface area contributed by atoms with Gasteiger partial charge in [-0.15, -0.1) is 0 Å². The number of hydrazine groups is 1. The van der Waals surface area contributed by atoms with Crippen LogP contribution in [0.15, 0.2) is 36.5 Å². The number of carbonyl (C=O) groups is 1. The minimum absolute atomic E-state index is 0.239. The minimum atomic E-state index is -0.425. The van der Waals surface area contributed by atoms with Gasteiger partial charge in [0.25, 0.3) is 5.91 Å². The lowest BCUT2D eigenvalue weighted by Gasteiger charge is -2.06. The number of rotatable bonds is 5. The van der Waals surface area contributed by atoms with Gasteiger partial charge in [0.1, 0.15) is 5.75 Å². The number of nitrogens with one attached hydrogen (secondary N) is 1. The monoisotopic (exact) mass is 260 g/mol. The lowest BCUT2D eigenvalue weighted by molar-refractivity contribution is 0.0946. The molecule has 0 saturated heterocycles. The fraction of sp³-hybridized carbons (Fsp3) is 0.231. The lowest BCUT2D eigenvalue weighted by atomic mass is 10.2. The van der Waals surface area contributed by atoms with Crippen molar-refractivity contribution in [2.45, 2.75) is 20.1 Å². The van der Waals surface area contributed by atoms with E-state index >= 15 is 0 Å². The van der Waals surface area contributed by atoms with Crippen molar-refractivity contribution in [3.05, 3.63) is 47.8 Å². The van der Waals surface area contributed by atoms with E-state index in [9.17, 15) is 4.79 Å². The number of benzene rings is 1. The van der Waals surface area contributed by atoms with Gasteiger partial charge in [0.2, 0.25) is 0 Å². The Kier molecular flexibility index (Phi) is 4.15. The van der Waals surface area contributed by atoms with Crippen LogP contribution in [0.4, 0.5) is 0 Å². The van der Waals surface area contributed by atoms with E-state index in [1.807, 2.05) is 29.7 Å². The summed E-state index contributed by atoms with van der Waals surface area (Å²) in [5, 5.41) is 4.03. The SMILES string of the molecule is CCc1ccc(OCn2ccc(C(=O)NN)n2)cc1. The van der Waals surface area contributed by atoms with Gasteiger partial charge < -0.3 is 4.74 Å². The Balaban J connectivity index is 1.94. The third-order valence-corrected chi connectivity index (χ3v) is 2.70. The first-order chi connectivity index (χ1) is 9.22. The summed E-state index contributed by atoms with van der Waals surface area (Å²) >= 11 is 0. The molecule has 0 aliphatic carbocycles. The van der Waals surface area contributed by atoms with Crippen LogP contribution in [0, 0.1) is 0 Å². The number of aryl methyl sites for hydroxylation is 1. The number of hydrogen-bond donors (Lipinski definition) is 2. The average molecular weight is 260 g/mol. The van der Waals surface area contributed by atoms with Gasteiger partial charge in [0.05, 0.1) is 0 Å². The predicted molar refractivity (Wildman–Crippen MR) is 70.3 cm³/mol. The summed E-state index contributed by atoms with van der Waals surface area (Å²) in [5.74, 6) is 5.36. The van der Waals surface area contributed by atoms with Crippen molar-refractivity contribution in [2.24, 2.45) is 5.84 Å². The molecule has 0 unspecified atom stereocenters. The summed E-state index contributed by atoms with van der Waals surface area (Å²) in [6.45, 7) is 2.34. The van der Waals surface area contributed by atoms with E-state index in [0.29, 0.717) is 0 Å². The molecular formula is C13H16N4O2. The number of hydrogen-bond acceptors (Lipinski definition) is 4. The van der Waals surface area contributed by atoms with Crippen LogP contribution in [-0.4, -0.2) is 15.7 Å². The van der Waals surface area contributed by atoms with Crippen LogP contribution in [0.25, 0.3) is 0 Å². The summed E-state index contributed by atoms with van der Waals surface area (Å²) in [4.78, 5) is 11.2. The highest BCUT2D eigenvalue weighted by Crippen LogP contribution is 2.13. The maximum Gasteiger partial charge on any atom is 0.285 e. The van der Waals surface area contributed by atoms with E-state index in [0.717, 1.165) is 12.2 Å². The topological polar surface area (TPSA) is 82.2 Å². The summed E-state index contributed by atoms with van der Waals surface area (Å²) < 4.78 is 7.08. The summed E-state index contributed by atoms with van der Waals surface area (Å²) in [7, 11) is 0. The molecular weight excluding hydrogens is 244 g/mol. The van der Waals surface area contributed by atoms with Gasteiger partial charge in [-0.3, -0.25) is 10.2 Å². The molecule has 19 heavy (non-hydrogen) atoms. The van der Waals surface area contributed by atoms with Crippen molar-refractivity contribution in [1.82, 2.24) is 15.2 Å². The highest BCUT2D eigenvalue weighted by Gasteiger charge is 2.07. The molecule has 0 fully saturated rings. The van der Waals surface area contributed by atoms with Crippen LogP contribution < -0.4 is 16.0 Å². The highest BCUT2D eigenvalue weighted by molar-refractivity contribution is 5.91. The first kappa shape index (κ1) is 13.1. The largest absolute Gasteiger partial charge is 0.471 e. The fourth-order valence-electron chi connectivity index (χ4n) is 1.59. The van der Waals surface area contributed by atoms with Gasteiger partial charge in [-0.05, 0) is 30.2 Å². The van der Waals surface area contributed by atoms with Gasteiger partial charge in [0.15, 0.2) is 12.4 Å². The zero-order valence-electron chi connectivity index (χ0n) is 10.7. The molecule has 0 saturated carbocycles. The van der Waals surface area contributed by atoms with E-state index in [1.54, 1.807) is 12.3 Å².